The van der Waals surface area contributed by atoms with Crippen LogP contribution in [0.25, 0.3) is 0 Å². The summed E-state index contributed by atoms with van der Waals surface area (Å²) in [5.74, 6) is -2.22. The highest BCUT2D eigenvalue weighted by Gasteiger charge is 2.23. The number of aromatic nitrogens is 1. The Kier molecular flexibility index (Phi) is 3.92. The molecule has 108 valence electrons. The second kappa shape index (κ2) is 5.34. The molecule has 20 heavy (non-hydrogen) atoms. The van der Waals surface area contributed by atoms with Crippen LogP contribution in [0.5, 0.6) is 0 Å². The minimum absolute atomic E-state index is 0.0412. The predicted octanol–water partition coefficient (Wildman–Crippen LogP) is 2.09. The van der Waals surface area contributed by atoms with Crippen LogP contribution in [0.15, 0.2) is 35.2 Å². The van der Waals surface area contributed by atoms with Crippen LogP contribution < -0.4 is 4.72 Å². The van der Waals surface area contributed by atoms with Gasteiger partial charge in [-0.2, -0.15) is 0 Å². The highest BCUT2D eigenvalue weighted by atomic mass is 32.2. The molecule has 2 rings (SSSR count). The molecule has 0 spiro atoms. The van der Waals surface area contributed by atoms with E-state index in [2.05, 4.69) is 4.72 Å². The molecule has 0 aliphatic rings. The van der Waals surface area contributed by atoms with Crippen molar-refractivity contribution in [3.8, 4) is 0 Å². The van der Waals surface area contributed by atoms with Crippen molar-refractivity contribution in [2.24, 2.45) is 7.05 Å². The third-order valence-corrected chi connectivity index (χ3v) is 4.56. The fraction of sp³-hybridized carbons (Fsp3) is 0.231. The SMILES string of the molecule is Cc1ccc(CNS(=O)(=O)c2c(F)cccc2F)n1C. The molecule has 1 aromatic heterocycles. The van der Waals surface area contributed by atoms with Gasteiger partial charge in [-0.3, -0.25) is 0 Å². The standard InChI is InChI=1S/C13H14F2N2O2S/c1-9-6-7-10(17(9)2)8-16-20(18,19)13-11(14)4-3-5-12(13)15/h3-7,16H,8H2,1-2H3. The normalized spacial score (nSPS) is 11.8. The Morgan fingerprint density at radius 3 is 2.25 bits per heavy atom. The fourth-order valence-electron chi connectivity index (χ4n) is 1.82. The smallest absolute Gasteiger partial charge is 0.246 e. The lowest BCUT2D eigenvalue weighted by molar-refractivity contribution is 0.513. The zero-order valence-electron chi connectivity index (χ0n) is 11.0. The molecule has 4 nitrogen and oxygen atoms in total. The first-order valence-corrected chi connectivity index (χ1v) is 7.36. The van der Waals surface area contributed by atoms with Gasteiger partial charge < -0.3 is 4.57 Å². The predicted molar refractivity (Wildman–Crippen MR) is 70.5 cm³/mol. The van der Waals surface area contributed by atoms with Crippen LogP contribution in [0.2, 0.25) is 0 Å². The minimum Gasteiger partial charge on any atom is -0.351 e. The molecule has 0 unspecified atom stereocenters. The third kappa shape index (κ3) is 2.73. The van der Waals surface area contributed by atoms with Gasteiger partial charge in [-0.25, -0.2) is 21.9 Å². The monoisotopic (exact) mass is 300 g/mol. The van der Waals surface area contributed by atoms with Crippen molar-refractivity contribution in [2.75, 3.05) is 0 Å². The number of nitrogens with zero attached hydrogens (tertiary/aromatic N) is 1. The fourth-order valence-corrected chi connectivity index (χ4v) is 2.96. The number of halogens is 2. The summed E-state index contributed by atoms with van der Waals surface area (Å²) in [5, 5.41) is 0. The van der Waals surface area contributed by atoms with Crippen molar-refractivity contribution >= 4 is 10.0 Å². The van der Waals surface area contributed by atoms with Crippen molar-refractivity contribution in [1.82, 2.24) is 9.29 Å². The van der Waals surface area contributed by atoms with Crippen molar-refractivity contribution < 1.29 is 17.2 Å². The van der Waals surface area contributed by atoms with E-state index in [1.807, 2.05) is 13.0 Å². The maximum atomic E-state index is 13.5. The van der Waals surface area contributed by atoms with Gasteiger partial charge in [0.15, 0.2) is 4.90 Å². The highest BCUT2D eigenvalue weighted by molar-refractivity contribution is 7.89. The first-order valence-electron chi connectivity index (χ1n) is 5.88. The number of nitrogens with one attached hydrogen (secondary N) is 1. The molecule has 0 aliphatic carbocycles. The Morgan fingerprint density at radius 2 is 1.75 bits per heavy atom. The van der Waals surface area contributed by atoms with E-state index in [0.717, 1.165) is 23.9 Å². The molecule has 1 aromatic carbocycles. The van der Waals surface area contributed by atoms with Gasteiger partial charge in [-0.05, 0) is 31.2 Å². The number of benzene rings is 1. The summed E-state index contributed by atoms with van der Waals surface area (Å²) in [6.07, 6.45) is 0. The Hall–Kier alpha value is -1.73. The second-order valence-corrected chi connectivity index (χ2v) is 6.10. The quantitative estimate of drug-likeness (QED) is 0.940. The van der Waals surface area contributed by atoms with E-state index in [9.17, 15) is 17.2 Å². The highest BCUT2D eigenvalue weighted by Crippen LogP contribution is 2.18. The van der Waals surface area contributed by atoms with E-state index >= 15 is 0 Å². The summed E-state index contributed by atoms with van der Waals surface area (Å²) in [6.45, 7) is 1.83. The maximum absolute atomic E-state index is 13.5. The molecule has 0 radical (unpaired) electrons. The summed E-state index contributed by atoms with van der Waals surface area (Å²) >= 11 is 0. The Labute approximate surface area is 116 Å². The van der Waals surface area contributed by atoms with Crippen LogP contribution >= 0.6 is 0 Å². The van der Waals surface area contributed by atoms with Gasteiger partial charge in [0.1, 0.15) is 11.6 Å². The molecule has 0 fully saturated rings. The average Bonchev–Trinajstić information content (AvgIpc) is 2.67. The largest absolute Gasteiger partial charge is 0.351 e. The first kappa shape index (κ1) is 14.7. The molecule has 7 heteroatoms. The van der Waals surface area contributed by atoms with Crippen LogP contribution in [-0.4, -0.2) is 13.0 Å². The van der Waals surface area contributed by atoms with Gasteiger partial charge in [-0.15, -0.1) is 0 Å². The lowest BCUT2D eigenvalue weighted by atomic mass is 10.3. The van der Waals surface area contributed by atoms with E-state index < -0.39 is 26.6 Å². The van der Waals surface area contributed by atoms with Gasteiger partial charge >= 0.3 is 0 Å². The van der Waals surface area contributed by atoms with Gasteiger partial charge in [0.2, 0.25) is 10.0 Å². The lowest BCUT2D eigenvalue weighted by Gasteiger charge is -2.09. The molecule has 0 bridgehead atoms. The number of hydrogen-bond donors (Lipinski definition) is 1. The van der Waals surface area contributed by atoms with Crippen molar-refractivity contribution in [1.29, 1.82) is 0 Å². The summed E-state index contributed by atoms with van der Waals surface area (Å²) < 4.78 is 54.9. The Bertz CT molecular complexity index is 719. The zero-order chi connectivity index (χ0) is 14.9. The topological polar surface area (TPSA) is 51.1 Å². The van der Waals surface area contributed by atoms with Crippen LogP contribution in [-0.2, 0) is 23.6 Å². The Balaban J connectivity index is 2.26. The molecule has 0 atom stereocenters. The summed E-state index contributed by atoms with van der Waals surface area (Å²) in [7, 11) is -2.46. The molecule has 0 aliphatic heterocycles. The minimum atomic E-state index is -4.24. The zero-order valence-corrected chi connectivity index (χ0v) is 11.8. The Morgan fingerprint density at radius 1 is 1.15 bits per heavy atom. The summed E-state index contributed by atoms with van der Waals surface area (Å²) in [6, 6.07) is 6.50. The third-order valence-electron chi connectivity index (χ3n) is 3.11. The van der Waals surface area contributed by atoms with Crippen LogP contribution in [0.4, 0.5) is 8.78 Å². The number of sulfonamides is 1. The van der Waals surface area contributed by atoms with E-state index in [0.29, 0.717) is 5.69 Å². The number of aryl methyl sites for hydroxylation is 1. The molecule has 1 heterocycles. The molecular formula is C13H14F2N2O2S. The van der Waals surface area contributed by atoms with Crippen LogP contribution in [0.3, 0.4) is 0 Å². The van der Waals surface area contributed by atoms with Gasteiger partial charge in [0.05, 0.1) is 6.54 Å². The van der Waals surface area contributed by atoms with Gasteiger partial charge in [0.25, 0.3) is 0 Å². The van der Waals surface area contributed by atoms with Crippen LogP contribution in [0.1, 0.15) is 11.4 Å². The van der Waals surface area contributed by atoms with Gasteiger partial charge in [-0.1, -0.05) is 6.07 Å². The first-order chi connectivity index (χ1) is 9.33. The van der Waals surface area contributed by atoms with Crippen molar-refractivity contribution in [2.45, 2.75) is 18.4 Å². The molecule has 0 saturated heterocycles. The number of rotatable bonds is 4. The number of hydrogen-bond acceptors (Lipinski definition) is 2. The molecule has 0 amide bonds. The van der Waals surface area contributed by atoms with E-state index in [4.69, 9.17) is 0 Å². The van der Waals surface area contributed by atoms with E-state index in [1.54, 1.807) is 17.7 Å². The molecule has 0 saturated carbocycles. The molecule has 1 N–H and O–H groups in total. The van der Waals surface area contributed by atoms with Crippen molar-refractivity contribution in [3.05, 3.63) is 53.4 Å². The van der Waals surface area contributed by atoms with E-state index in [1.165, 1.54) is 0 Å². The van der Waals surface area contributed by atoms with E-state index in [-0.39, 0.29) is 6.54 Å². The average molecular weight is 300 g/mol. The van der Waals surface area contributed by atoms with Crippen molar-refractivity contribution in [3.63, 3.8) is 0 Å². The van der Waals surface area contributed by atoms with Gasteiger partial charge in [0, 0.05) is 18.4 Å². The maximum Gasteiger partial charge on any atom is 0.246 e. The summed E-state index contributed by atoms with van der Waals surface area (Å²) in [4.78, 5) is -0.953. The molecular weight excluding hydrogens is 286 g/mol. The summed E-state index contributed by atoms with van der Waals surface area (Å²) in [5.41, 5.74) is 1.65. The molecule has 2 aromatic rings. The van der Waals surface area contributed by atoms with Crippen LogP contribution in [0, 0.1) is 18.6 Å². The lowest BCUT2D eigenvalue weighted by Crippen LogP contribution is -2.26. The second-order valence-electron chi connectivity index (χ2n) is 4.40.